The van der Waals surface area contributed by atoms with E-state index in [1.807, 2.05) is 5.51 Å². The summed E-state index contributed by atoms with van der Waals surface area (Å²) >= 11 is 1.75. The molecule has 0 amide bonds. The van der Waals surface area contributed by atoms with Gasteiger partial charge in [0.1, 0.15) is 0 Å². The normalized spacial score (nSPS) is 18.1. The van der Waals surface area contributed by atoms with Gasteiger partial charge in [0, 0.05) is 5.41 Å². The maximum atomic E-state index is 4.55. The third kappa shape index (κ3) is 1.10. The Morgan fingerprint density at radius 3 is 2.43 bits per heavy atom. The molecule has 2 rings (SSSR count). The predicted octanol–water partition coefficient (Wildman–Crippen LogP) is 3.72. The van der Waals surface area contributed by atoms with Gasteiger partial charge in [-0.1, -0.05) is 33.8 Å². The highest BCUT2D eigenvalue weighted by Gasteiger charge is 2.42. The molecule has 0 bridgehead atoms. The minimum absolute atomic E-state index is 0.176. The van der Waals surface area contributed by atoms with Gasteiger partial charge in [0.15, 0.2) is 0 Å². The number of allylic oxidation sites excluding steroid dienone is 1. The first-order chi connectivity index (χ1) is 6.59. The molecule has 1 nitrogen and oxygen atoms in total. The number of thiazole rings is 1. The van der Waals surface area contributed by atoms with Crippen LogP contribution in [0.15, 0.2) is 11.6 Å². The first kappa shape index (κ1) is 9.91. The summed E-state index contributed by atoms with van der Waals surface area (Å²) in [6.07, 6.45) is 4.60. The molecule has 1 aromatic heterocycles. The Morgan fingerprint density at radius 2 is 1.86 bits per heavy atom. The number of aromatic nitrogens is 1. The maximum Gasteiger partial charge on any atom is 0.0801 e. The summed E-state index contributed by atoms with van der Waals surface area (Å²) in [5, 5.41) is 0. The van der Waals surface area contributed by atoms with Gasteiger partial charge in [0.2, 0.25) is 0 Å². The highest BCUT2D eigenvalue weighted by Crippen LogP contribution is 2.47. The number of nitrogens with zero attached hydrogens (tertiary/aromatic N) is 1. The van der Waals surface area contributed by atoms with E-state index in [2.05, 4.69) is 44.8 Å². The molecule has 0 saturated carbocycles. The van der Waals surface area contributed by atoms with Crippen molar-refractivity contribution in [2.24, 2.45) is 11.8 Å². The number of rotatable bonds is 2. The zero-order valence-electron chi connectivity index (χ0n) is 9.24. The zero-order chi connectivity index (χ0) is 10.3. The minimum Gasteiger partial charge on any atom is -0.248 e. The minimum atomic E-state index is 0.176. The lowest BCUT2D eigenvalue weighted by atomic mass is 9.68. The Kier molecular flexibility index (Phi) is 2.26. The van der Waals surface area contributed by atoms with Gasteiger partial charge in [0.25, 0.3) is 0 Å². The van der Waals surface area contributed by atoms with Gasteiger partial charge >= 0.3 is 0 Å². The van der Waals surface area contributed by atoms with Crippen LogP contribution in [0.2, 0.25) is 0 Å². The molecular formula is C12H17NS. The molecule has 14 heavy (non-hydrogen) atoms. The Balaban J connectivity index is 2.56. The van der Waals surface area contributed by atoms with Gasteiger partial charge in [0.05, 0.1) is 16.1 Å². The fourth-order valence-corrected chi connectivity index (χ4v) is 3.35. The Bertz CT molecular complexity index is 352. The maximum absolute atomic E-state index is 4.55. The summed E-state index contributed by atoms with van der Waals surface area (Å²) in [4.78, 5) is 5.90. The zero-order valence-corrected chi connectivity index (χ0v) is 10.1. The Hall–Kier alpha value is -0.630. The fraction of sp³-hybridized carbons (Fsp3) is 0.583. The van der Waals surface area contributed by atoms with Gasteiger partial charge in [-0.2, -0.15) is 0 Å². The van der Waals surface area contributed by atoms with Crippen molar-refractivity contribution < 1.29 is 0 Å². The lowest BCUT2D eigenvalue weighted by molar-refractivity contribution is 0.283. The second kappa shape index (κ2) is 3.20. The van der Waals surface area contributed by atoms with Crippen LogP contribution in [0, 0.1) is 11.8 Å². The first-order valence-electron chi connectivity index (χ1n) is 5.22. The van der Waals surface area contributed by atoms with E-state index in [-0.39, 0.29) is 5.41 Å². The highest BCUT2D eigenvalue weighted by atomic mass is 32.1. The first-order valence-corrected chi connectivity index (χ1v) is 6.10. The van der Waals surface area contributed by atoms with Crippen molar-refractivity contribution in [2.75, 3.05) is 0 Å². The van der Waals surface area contributed by atoms with E-state index in [1.165, 1.54) is 10.6 Å². The van der Waals surface area contributed by atoms with Gasteiger partial charge < -0.3 is 0 Å². The van der Waals surface area contributed by atoms with Crippen molar-refractivity contribution >= 4 is 17.4 Å². The SMILES string of the molecule is CC(C)C1(C(C)C)C=Cc2scnc21. The van der Waals surface area contributed by atoms with Gasteiger partial charge in [-0.25, -0.2) is 4.98 Å². The summed E-state index contributed by atoms with van der Waals surface area (Å²) < 4.78 is 0. The van der Waals surface area contributed by atoms with Crippen LogP contribution in [0.4, 0.5) is 0 Å². The molecule has 0 fully saturated rings. The van der Waals surface area contributed by atoms with Crippen LogP contribution in [-0.4, -0.2) is 4.98 Å². The molecule has 0 N–H and O–H groups in total. The lowest BCUT2D eigenvalue weighted by Crippen LogP contribution is -2.34. The van der Waals surface area contributed by atoms with Crippen LogP contribution in [0.1, 0.15) is 38.3 Å². The van der Waals surface area contributed by atoms with Crippen LogP contribution in [0.5, 0.6) is 0 Å². The van der Waals surface area contributed by atoms with Crippen molar-refractivity contribution in [3.8, 4) is 0 Å². The van der Waals surface area contributed by atoms with E-state index in [4.69, 9.17) is 0 Å². The molecule has 0 unspecified atom stereocenters. The van der Waals surface area contributed by atoms with E-state index >= 15 is 0 Å². The Morgan fingerprint density at radius 1 is 1.21 bits per heavy atom. The molecule has 1 aliphatic carbocycles. The average Bonchev–Trinajstić information content (AvgIpc) is 2.60. The van der Waals surface area contributed by atoms with Crippen molar-refractivity contribution in [2.45, 2.75) is 33.1 Å². The quantitative estimate of drug-likeness (QED) is 0.720. The molecule has 0 atom stereocenters. The van der Waals surface area contributed by atoms with E-state index in [9.17, 15) is 0 Å². The largest absolute Gasteiger partial charge is 0.248 e. The van der Waals surface area contributed by atoms with Crippen LogP contribution < -0.4 is 0 Å². The van der Waals surface area contributed by atoms with Gasteiger partial charge in [-0.3, -0.25) is 0 Å². The number of fused-ring (bicyclic) bond motifs is 1. The Labute approximate surface area is 89.9 Å². The van der Waals surface area contributed by atoms with E-state index in [0.29, 0.717) is 11.8 Å². The van der Waals surface area contributed by atoms with Crippen LogP contribution in [0.25, 0.3) is 6.08 Å². The third-order valence-electron chi connectivity index (χ3n) is 3.43. The van der Waals surface area contributed by atoms with Crippen LogP contribution in [0.3, 0.4) is 0 Å². The number of hydrogen-bond acceptors (Lipinski definition) is 2. The molecular weight excluding hydrogens is 190 g/mol. The van der Waals surface area contributed by atoms with Crippen molar-refractivity contribution in [1.29, 1.82) is 0 Å². The summed E-state index contributed by atoms with van der Waals surface area (Å²) in [5.74, 6) is 1.23. The summed E-state index contributed by atoms with van der Waals surface area (Å²) in [6, 6.07) is 0. The summed E-state index contributed by atoms with van der Waals surface area (Å²) in [5.41, 5.74) is 3.44. The standard InChI is InChI=1S/C12H17NS/c1-8(2)12(9(3)4)6-5-10-11(12)13-7-14-10/h5-9H,1-4H3. The molecule has 1 aliphatic rings. The number of hydrogen-bond donors (Lipinski definition) is 0. The lowest BCUT2D eigenvalue weighted by Gasteiger charge is -2.35. The average molecular weight is 207 g/mol. The molecule has 2 heteroatoms. The second-order valence-corrected chi connectivity index (χ2v) is 5.53. The van der Waals surface area contributed by atoms with Gasteiger partial charge in [-0.05, 0) is 17.9 Å². The fourth-order valence-electron chi connectivity index (χ4n) is 2.59. The van der Waals surface area contributed by atoms with E-state index < -0.39 is 0 Å². The molecule has 1 aromatic rings. The molecule has 1 heterocycles. The summed E-state index contributed by atoms with van der Waals surface area (Å²) in [6.45, 7) is 9.16. The molecule has 0 saturated heterocycles. The second-order valence-electron chi connectivity index (χ2n) is 4.64. The highest BCUT2D eigenvalue weighted by molar-refractivity contribution is 7.10. The molecule has 76 valence electrons. The smallest absolute Gasteiger partial charge is 0.0801 e. The molecule has 0 aliphatic heterocycles. The molecule has 0 radical (unpaired) electrons. The van der Waals surface area contributed by atoms with Crippen molar-refractivity contribution in [3.63, 3.8) is 0 Å². The van der Waals surface area contributed by atoms with Crippen LogP contribution >= 0.6 is 11.3 Å². The molecule has 0 spiro atoms. The predicted molar refractivity (Wildman–Crippen MR) is 62.5 cm³/mol. The monoisotopic (exact) mass is 207 g/mol. The van der Waals surface area contributed by atoms with Crippen molar-refractivity contribution in [3.05, 3.63) is 22.2 Å². The molecule has 0 aromatic carbocycles. The topological polar surface area (TPSA) is 12.9 Å². The van der Waals surface area contributed by atoms with Crippen molar-refractivity contribution in [1.82, 2.24) is 4.98 Å². The van der Waals surface area contributed by atoms with Crippen LogP contribution in [-0.2, 0) is 5.41 Å². The van der Waals surface area contributed by atoms with Gasteiger partial charge in [-0.15, -0.1) is 11.3 Å². The third-order valence-corrected chi connectivity index (χ3v) is 4.22. The van der Waals surface area contributed by atoms with E-state index in [0.717, 1.165) is 0 Å². The van der Waals surface area contributed by atoms with E-state index in [1.54, 1.807) is 11.3 Å². The summed E-state index contributed by atoms with van der Waals surface area (Å²) in [7, 11) is 0.